The van der Waals surface area contributed by atoms with Crippen molar-refractivity contribution in [2.75, 3.05) is 19.9 Å². The minimum Gasteiger partial charge on any atom is -0.457 e. The molecule has 0 bridgehead atoms. The van der Waals surface area contributed by atoms with E-state index in [2.05, 4.69) is 0 Å². The van der Waals surface area contributed by atoms with Gasteiger partial charge in [-0.05, 0) is 42.7 Å². The van der Waals surface area contributed by atoms with Crippen molar-refractivity contribution in [1.29, 1.82) is 0 Å². The lowest BCUT2D eigenvalue weighted by molar-refractivity contribution is 0.0472. The summed E-state index contributed by atoms with van der Waals surface area (Å²) in [6, 6.07) is 10.2. The van der Waals surface area contributed by atoms with Gasteiger partial charge in [0.1, 0.15) is 6.61 Å². The summed E-state index contributed by atoms with van der Waals surface area (Å²) in [5.41, 5.74) is 1.74. The van der Waals surface area contributed by atoms with Crippen molar-refractivity contribution in [2.45, 2.75) is 19.4 Å². The van der Waals surface area contributed by atoms with E-state index in [1.165, 1.54) is 6.07 Å². The number of likely N-dealkylation sites (tertiary alicyclic amines) is 1. The maximum absolute atomic E-state index is 12.3. The number of halogens is 1. The van der Waals surface area contributed by atoms with Crippen molar-refractivity contribution in [3.8, 4) is 11.5 Å². The Morgan fingerprint density at radius 2 is 1.78 bits per heavy atom. The fraction of sp³-hybridized carbons (Fsp3) is 0.300. The Labute approximate surface area is 161 Å². The molecule has 0 radical (unpaired) electrons. The highest BCUT2D eigenvalue weighted by molar-refractivity contribution is 6.32. The van der Waals surface area contributed by atoms with Crippen molar-refractivity contribution in [1.82, 2.24) is 4.90 Å². The minimum absolute atomic E-state index is 0.0473. The van der Waals surface area contributed by atoms with Gasteiger partial charge in [0.15, 0.2) is 11.5 Å². The van der Waals surface area contributed by atoms with E-state index < -0.39 is 5.97 Å². The minimum atomic E-state index is -0.507. The van der Waals surface area contributed by atoms with Gasteiger partial charge in [-0.1, -0.05) is 23.7 Å². The van der Waals surface area contributed by atoms with Crippen LogP contribution >= 0.6 is 11.6 Å². The molecule has 2 heterocycles. The Morgan fingerprint density at radius 3 is 2.52 bits per heavy atom. The normalized spacial score (nSPS) is 15.1. The Balaban J connectivity index is 1.38. The maximum Gasteiger partial charge on any atom is 0.338 e. The Bertz CT molecular complexity index is 875. The summed E-state index contributed by atoms with van der Waals surface area (Å²) >= 11 is 6.09. The molecule has 0 aromatic heterocycles. The van der Waals surface area contributed by atoms with E-state index in [1.54, 1.807) is 30.3 Å². The molecule has 2 aromatic carbocycles. The molecule has 2 aliphatic rings. The van der Waals surface area contributed by atoms with Gasteiger partial charge in [0, 0.05) is 18.7 Å². The van der Waals surface area contributed by atoms with Gasteiger partial charge in [-0.2, -0.15) is 0 Å². The van der Waals surface area contributed by atoms with Crippen LogP contribution in [0.2, 0.25) is 5.02 Å². The zero-order valence-corrected chi connectivity index (χ0v) is 15.3. The molecule has 0 aliphatic carbocycles. The van der Waals surface area contributed by atoms with Gasteiger partial charge in [0.25, 0.3) is 5.91 Å². The lowest BCUT2D eigenvalue weighted by atomic mass is 10.1. The largest absolute Gasteiger partial charge is 0.457 e. The molecule has 140 valence electrons. The molecule has 0 N–H and O–H groups in total. The summed E-state index contributed by atoms with van der Waals surface area (Å²) in [6.07, 6.45) is 2.12. The van der Waals surface area contributed by atoms with Crippen LogP contribution in [0.4, 0.5) is 0 Å². The van der Waals surface area contributed by atoms with E-state index in [1.807, 2.05) is 4.90 Å². The zero-order valence-electron chi connectivity index (χ0n) is 14.6. The highest BCUT2D eigenvalue weighted by Gasteiger charge is 2.22. The molecule has 0 unspecified atom stereocenters. The summed E-state index contributed by atoms with van der Waals surface area (Å²) in [6.45, 7) is 1.81. The highest BCUT2D eigenvalue weighted by Crippen LogP contribution is 2.39. The van der Waals surface area contributed by atoms with Crippen LogP contribution in [-0.4, -0.2) is 36.7 Å². The molecule has 27 heavy (non-hydrogen) atoms. The fourth-order valence-electron chi connectivity index (χ4n) is 3.16. The topological polar surface area (TPSA) is 65.1 Å². The van der Waals surface area contributed by atoms with Crippen molar-refractivity contribution in [3.63, 3.8) is 0 Å². The first kappa shape index (κ1) is 17.7. The average Bonchev–Trinajstić information content (AvgIpc) is 3.37. The number of amides is 1. The predicted octanol–water partition coefficient (Wildman–Crippen LogP) is 3.66. The molecule has 0 spiro atoms. The van der Waals surface area contributed by atoms with E-state index in [0.29, 0.717) is 27.6 Å². The van der Waals surface area contributed by atoms with Crippen LogP contribution in [0.1, 0.15) is 39.1 Å². The third-order valence-electron chi connectivity index (χ3n) is 4.63. The Morgan fingerprint density at radius 1 is 1.04 bits per heavy atom. The van der Waals surface area contributed by atoms with Crippen LogP contribution < -0.4 is 9.47 Å². The third-order valence-corrected chi connectivity index (χ3v) is 4.91. The predicted molar refractivity (Wildman–Crippen MR) is 98.3 cm³/mol. The number of benzene rings is 2. The third kappa shape index (κ3) is 3.71. The van der Waals surface area contributed by atoms with Crippen molar-refractivity contribution < 1.29 is 23.8 Å². The Hall–Kier alpha value is -2.73. The smallest absolute Gasteiger partial charge is 0.338 e. The van der Waals surface area contributed by atoms with Crippen molar-refractivity contribution in [2.24, 2.45) is 0 Å². The maximum atomic E-state index is 12.3. The van der Waals surface area contributed by atoms with E-state index in [9.17, 15) is 9.59 Å². The van der Waals surface area contributed by atoms with Crippen LogP contribution in [0.25, 0.3) is 0 Å². The van der Waals surface area contributed by atoms with Crippen LogP contribution in [0.3, 0.4) is 0 Å². The monoisotopic (exact) mass is 387 g/mol. The Kier molecular flexibility index (Phi) is 4.90. The number of fused-ring (bicyclic) bond motifs is 1. The molecule has 7 heteroatoms. The summed E-state index contributed by atoms with van der Waals surface area (Å²) < 4.78 is 15.8. The van der Waals surface area contributed by atoms with Gasteiger partial charge in [-0.3, -0.25) is 4.79 Å². The quantitative estimate of drug-likeness (QED) is 0.749. The first-order valence-corrected chi connectivity index (χ1v) is 9.14. The summed E-state index contributed by atoms with van der Waals surface area (Å²) in [4.78, 5) is 26.5. The van der Waals surface area contributed by atoms with Crippen molar-refractivity contribution in [3.05, 3.63) is 58.1 Å². The second kappa shape index (κ2) is 7.48. The van der Waals surface area contributed by atoms with Gasteiger partial charge < -0.3 is 19.1 Å². The molecule has 0 saturated carbocycles. The molecule has 1 fully saturated rings. The number of hydrogen-bond donors (Lipinski definition) is 0. The number of rotatable bonds is 4. The number of esters is 1. The second-order valence-corrected chi connectivity index (χ2v) is 6.87. The van der Waals surface area contributed by atoms with Gasteiger partial charge >= 0.3 is 5.97 Å². The molecule has 1 saturated heterocycles. The molecule has 2 aromatic rings. The molecule has 4 rings (SSSR count). The molecular formula is C20H18ClNO5. The SMILES string of the molecule is O=C(OCc1ccc(C(=O)N2CCCC2)cc1)c1cc(Cl)c2c(c1)OCO2. The number of carbonyl (C=O) groups excluding carboxylic acids is 2. The molecule has 0 atom stereocenters. The summed E-state index contributed by atoms with van der Waals surface area (Å²) in [7, 11) is 0. The molecular weight excluding hydrogens is 370 g/mol. The van der Waals surface area contributed by atoms with Crippen LogP contribution in [-0.2, 0) is 11.3 Å². The van der Waals surface area contributed by atoms with E-state index in [4.69, 9.17) is 25.8 Å². The second-order valence-electron chi connectivity index (χ2n) is 6.46. The zero-order chi connectivity index (χ0) is 18.8. The van der Waals surface area contributed by atoms with Crippen LogP contribution in [0.15, 0.2) is 36.4 Å². The lowest BCUT2D eigenvalue weighted by Gasteiger charge is -2.15. The lowest BCUT2D eigenvalue weighted by Crippen LogP contribution is -2.27. The average molecular weight is 388 g/mol. The summed E-state index contributed by atoms with van der Waals surface area (Å²) in [5.74, 6) is 0.407. The van der Waals surface area contributed by atoms with Gasteiger partial charge in [0.2, 0.25) is 6.79 Å². The molecule has 6 nitrogen and oxygen atoms in total. The van der Waals surface area contributed by atoms with E-state index in [-0.39, 0.29) is 19.3 Å². The van der Waals surface area contributed by atoms with Gasteiger partial charge in [-0.25, -0.2) is 4.79 Å². The number of hydrogen-bond acceptors (Lipinski definition) is 5. The van der Waals surface area contributed by atoms with Gasteiger partial charge in [0.05, 0.1) is 10.6 Å². The number of carbonyl (C=O) groups is 2. The van der Waals surface area contributed by atoms with Gasteiger partial charge in [-0.15, -0.1) is 0 Å². The number of nitrogens with zero attached hydrogens (tertiary/aromatic N) is 1. The standard InChI is InChI=1S/C20H18ClNO5/c21-16-9-15(10-17-18(16)27-12-26-17)20(24)25-11-13-3-5-14(6-4-13)19(23)22-7-1-2-8-22/h3-6,9-10H,1-2,7-8,11-12H2. The fourth-order valence-corrected chi connectivity index (χ4v) is 3.43. The van der Waals surface area contributed by atoms with Crippen LogP contribution in [0.5, 0.6) is 11.5 Å². The first-order chi connectivity index (χ1) is 13.1. The summed E-state index contributed by atoms with van der Waals surface area (Å²) in [5, 5.41) is 0.307. The van der Waals surface area contributed by atoms with Crippen molar-refractivity contribution >= 4 is 23.5 Å². The first-order valence-electron chi connectivity index (χ1n) is 8.76. The molecule has 2 aliphatic heterocycles. The highest BCUT2D eigenvalue weighted by atomic mass is 35.5. The molecule has 1 amide bonds. The van der Waals surface area contributed by atoms with E-state index >= 15 is 0 Å². The van der Waals surface area contributed by atoms with E-state index in [0.717, 1.165) is 31.5 Å². The van der Waals surface area contributed by atoms with Crippen LogP contribution in [0, 0.1) is 0 Å². The number of ether oxygens (including phenoxy) is 3.